The zero-order valence-electron chi connectivity index (χ0n) is 12.5. The summed E-state index contributed by atoms with van der Waals surface area (Å²) in [6, 6.07) is 9.86. The Kier molecular flexibility index (Phi) is 4.11. The minimum atomic E-state index is -0.224. The Morgan fingerprint density at radius 2 is 2.18 bits per heavy atom. The molecular weight excluding hydrogens is 280 g/mol. The normalized spacial score (nSPS) is 13.9. The number of rotatable bonds is 5. The highest BCUT2D eigenvalue weighted by Crippen LogP contribution is 2.25. The summed E-state index contributed by atoms with van der Waals surface area (Å²) >= 11 is 0. The number of amides is 2. The molecule has 1 saturated carbocycles. The van der Waals surface area contributed by atoms with Gasteiger partial charge in [-0.05, 0) is 25.3 Å². The molecule has 22 heavy (non-hydrogen) atoms. The van der Waals surface area contributed by atoms with E-state index in [1.54, 1.807) is 4.68 Å². The van der Waals surface area contributed by atoms with Crippen molar-refractivity contribution in [3.63, 3.8) is 0 Å². The minimum Gasteiger partial charge on any atom is -0.394 e. The maximum Gasteiger partial charge on any atom is 0.320 e. The van der Waals surface area contributed by atoms with Gasteiger partial charge in [0, 0.05) is 17.7 Å². The molecule has 1 aromatic carbocycles. The maximum absolute atomic E-state index is 11.9. The third-order valence-corrected chi connectivity index (χ3v) is 3.67. The SMILES string of the molecule is Cc1ccccc1-c1cc(NC(=O)NC2CC2)n(CCO)n1. The molecule has 0 spiro atoms. The van der Waals surface area contributed by atoms with Crippen molar-refractivity contribution in [2.75, 3.05) is 11.9 Å². The lowest BCUT2D eigenvalue weighted by Gasteiger charge is -2.08. The standard InChI is InChI=1S/C16H20N4O2/c1-11-4-2-3-5-13(11)14-10-15(20(19-14)8-9-21)18-16(22)17-12-6-7-12/h2-5,10,12,21H,6-9H2,1H3,(H2,17,18,22). The van der Waals surface area contributed by atoms with Crippen molar-refractivity contribution in [2.24, 2.45) is 0 Å². The summed E-state index contributed by atoms with van der Waals surface area (Å²) in [6.07, 6.45) is 2.08. The van der Waals surface area contributed by atoms with Gasteiger partial charge in [-0.2, -0.15) is 5.10 Å². The Morgan fingerprint density at radius 1 is 1.41 bits per heavy atom. The molecule has 3 N–H and O–H groups in total. The summed E-state index contributed by atoms with van der Waals surface area (Å²) in [7, 11) is 0. The fourth-order valence-electron chi connectivity index (χ4n) is 2.34. The number of nitrogens with one attached hydrogen (secondary N) is 2. The van der Waals surface area contributed by atoms with Gasteiger partial charge < -0.3 is 10.4 Å². The van der Waals surface area contributed by atoms with Gasteiger partial charge in [-0.25, -0.2) is 9.48 Å². The summed E-state index contributed by atoms with van der Waals surface area (Å²) in [5.74, 6) is 0.588. The van der Waals surface area contributed by atoms with Crippen LogP contribution in [0.5, 0.6) is 0 Å². The minimum absolute atomic E-state index is 0.0339. The van der Waals surface area contributed by atoms with Crippen molar-refractivity contribution in [2.45, 2.75) is 32.4 Å². The number of anilines is 1. The summed E-state index contributed by atoms with van der Waals surface area (Å²) in [6.45, 7) is 2.33. The Morgan fingerprint density at radius 3 is 2.86 bits per heavy atom. The molecular formula is C16H20N4O2. The van der Waals surface area contributed by atoms with Gasteiger partial charge in [0.1, 0.15) is 5.82 Å². The monoisotopic (exact) mass is 300 g/mol. The smallest absolute Gasteiger partial charge is 0.320 e. The fraction of sp³-hybridized carbons (Fsp3) is 0.375. The Bertz CT molecular complexity index is 677. The molecule has 6 heteroatoms. The predicted molar refractivity (Wildman–Crippen MR) is 84.7 cm³/mol. The van der Waals surface area contributed by atoms with Crippen molar-refractivity contribution in [3.8, 4) is 11.3 Å². The van der Waals surface area contributed by atoms with Crippen LogP contribution in [0.1, 0.15) is 18.4 Å². The van der Waals surface area contributed by atoms with Gasteiger partial charge in [-0.3, -0.25) is 5.32 Å². The van der Waals surface area contributed by atoms with Crippen LogP contribution in [0.15, 0.2) is 30.3 Å². The van der Waals surface area contributed by atoms with E-state index in [1.165, 1.54) is 0 Å². The van der Waals surface area contributed by atoms with Gasteiger partial charge in [0.15, 0.2) is 0 Å². The zero-order chi connectivity index (χ0) is 15.5. The number of benzene rings is 1. The van der Waals surface area contributed by atoms with Crippen molar-refractivity contribution in [1.29, 1.82) is 0 Å². The van der Waals surface area contributed by atoms with Crippen LogP contribution in [-0.2, 0) is 6.54 Å². The van der Waals surface area contributed by atoms with Crippen LogP contribution in [0, 0.1) is 6.92 Å². The average molecular weight is 300 g/mol. The lowest BCUT2D eigenvalue weighted by atomic mass is 10.1. The largest absolute Gasteiger partial charge is 0.394 e. The second-order valence-corrected chi connectivity index (χ2v) is 5.55. The molecule has 0 unspecified atom stereocenters. The molecule has 0 saturated heterocycles. The Labute approximate surface area is 129 Å². The highest BCUT2D eigenvalue weighted by molar-refractivity contribution is 5.89. The quantitative estimate of drug-likeness (QED) is 0.791. The molecule has 1 aliphatic carbocycles. The number of nitrogens with zero attached hydrogens (tertiary/aromatic N) is 2. The molecule has 1 aliphatic rings. The van der Waals surface area contributed by atoms with Crippen LogP contribution < -0.4 is 10.6 Å². The molecule has 2 aromatic rings. The second kappa shape index (κ2) is 6.19. The molecule has 1 aromatic heterocycles. The van der Waals surface area contributed by atoms with Crippen LogP contribution in [0.25, 0.3) is 11.3 Å². The van der Waals surface area contributed by atoms with Crippen molar-refractivity contribution in [3.05, 3.63) is 35.9 Å². The van der Waals surface area contributed by atoms with E-state index in [0.29, 0.717) is 18.4 Å². The average Bonchev–Trinajstić information content (AvgIpc) is 3.21. The summed E-state index contributed by atoms with van der Waals surface area (Å²) < 4.78 is 1.62. The molecule has 0 aliphatic heterocycles. The zero-order valence-corrected chi connectivity index (χ0v) is 12.5. The number of aliphatic hydroxyl groups excluding tert-OH is 1. The number of aryl methyl sites for hydroxylation is 1. The Hall–Kier alpha value is -2.34. The van der Waals surface area contributed by atoms with Crippen LogP contribution in [0.2, 0.25) is 0 Å². The fourth-order valence-corrected chi connectivity index (χ4v) is 2.34. The third-order valence-electron chi connectivity index (χ3n) is 3.67. The van der Waals surface area contributed by atoms with E-state index in [-0.39, 0.29) is 12.6 Å². The first kappa shape index (κ1) is 14.6. The number of hydrogen-bond acceptors (Lipinski definition) is 3. The summed E-state index contributed by atoms with van der Waals surface area (Å²) in [5, 5.41) is 19.4. The molecule has 1 fully saturated rings. The topological polar surface area (TPSA) is 79.2 Å². The highest BCUT2D eigenvalue weighted by atomic mass is 16.3. The van der Waals surface area contributed by atoms with Gasteiger partial charge >= 0.3 is 6.03 Å². The van der Waals surface area contributed by atoms with Gasteiger partial charge in [-0.15, -0.1) is 0 Å². The van der Waals surface area contributed by atoms with E-state index in [1.807, 2.05) is 37.3 Å². The maximum atomic E-state index is 11.9. The first-order chi connectivity index (χ1) is 10.7. The van der Waals surface area contributed by atoms with Crippen LogP contribution in [0.3, 0.4) is 0 Å². The lowest BCUT2D eigenvalue weighted by molar-refractivity contribution is 0.250. The molecule has 3 rings (SSSR count). The van der Waals surface area contributed by atoms with Crippen molar-refractivity contribution < 1.29 is 9.90 Å². The van der Waals surface area contributed by atoms with Crippen LogP contribution in [-0.4, -0.2) is 33.6 Å². The number of carbonyl (C=O) groups excluding carboxylic acids is 1. The van der Waals surface area contributed by atoms with E-state index in [4.69, 9.17) is 0 Å². The third kappa shape index (κ3) is 3.28. The lowest BCUT2D eigenvalue weighted by Crippen LogP contribution is -2.31. The molecule has 0 bridgehead atoms. The van der Waals surface area contributed by atoms with Gasteiger partial charge in [-0.1, -0.05) is 24.3 Å². The molecule has 2 amide bonds. The number of hydrogen-bond donors (Lipinski definition) is 3. The molecule has 116 valence electrons. The van der Waals surface area contributed by atoms with Gasteiger partial charge in [0.25, 0.3) is 0 Å². The summed E-state index contributed by atoms with van der Waals surface area (Å²) in [5.41, 5.74) is 2.92. The van der Waals surface area contributed by atoms with Gasteiger partial charge in [0.05, 0.1) is 18.8 Å². The number of aromatic nitrogens is 2. The Balaban J connectivity index is 1.84. The molecule has 6 nitrogen and oxygen atoms in total. The number of urea groups is 1. The first-order valence-corrected chi connectivity index (χ1v) is 7.49. The van der Waals surface area contributed by atoms with E-state index < -0.39 is 0 Å². The van der Waals surface area contributed by atoms with E-state index in [9.17, 15) is 9.90 Å². The summed E-state index contributed by atoms with van der Waals surface area (Å²) in [4.78, 5) is 11.9. The van der Waals surface area contributed by atoms with Crippen molar-refractivity contribution >= 4 is 11.8 Å². The molecule has 0 atom stereocenters. The molecule has 1 heterocycles. The number of carbonyl (C=O) groups is 1. The second-order valence-electron chi connectivity index (χ2n) is 5.55. The van der Waals surface area contributed by atoms with Crippen LogP contribution in [0.4, 0.5) is 10.6 Å². The first-order valence-electron chi connectivity index (χ1n) is 7.49. The highest BCUT2D eigenvalue weighted by Gasteiger charge is 2.23. The van der Waals surface area contributed by atoms with E-state index >= 15 is 0 Å². The number of aliphatic hydroxyl groups is 1. The molecule has 0 radical (unpaired) electrons. The van der Waals surface area contributed by atoms with E-state index in [2.05, 4.69) is 15.7 Å². The predicted octanol–water partition coefficient (Wildman–Crippen LogP) is 2.13. The van der Waals surface area contributed by atoms with Crippen LogP contribution >= 0.6 is 0 Å². The van der Waals surface area contributed by atoms with Crippen molar-refractivity contribution in [1.82, 2.24) is 15.1 Å². The van der Waals surface area contributed by atoms with E-state index in [0.717, 1.165) is 29.7 Å². The van der Waals surface area contributed by atoms with Gasteiger partial charge in [0.2, 0.25) is 0 Å².